The van der Waals surface area contributed by atoms with Crippen LogP contribution in [-0.2, 0) is 5.41 Å². The van der Waals surface area contributed by atoms with Crippen molar-refractivity contribution in [1.82, 2.24) is 0 Å². The molecule has 0 saturated heterocycles. The predicted molar refractivity (Wildman–Crippen MR) is 74.4 cm³/mol. The summed E-state index contributed by atoms with van der Waals surface area (Å²) in [5.74, 6) is 0.793. The number of carbonyl (C=O) groups excluding carboxylic acids is 1. The molecule has 1 aromatic rings. The van der Waals surface area contributed by atoms with Crippen molar-refractivity contribution in [3.05, 3.63) is 28.8 Å². The van der Waals surface area contributed by atoms with E-state index in [1.54, 1.807) is 14.0 Å². The van der Waals surface area contributed by atoms with Gasteiger partial charge in [0.05, 0.1) is 13.2 Å². The average Bonchev–Trinajstić information content (AvgIpc) is 2.25. The minimum atomic E-state index is -0.482. The molecule has 0 aliphatic heterocycles. The number of rotatable bonds is 3. The predicted octanol–water partition coefficient (Wildman–Crippen LogP) is 2.83. The maximum absolute atomic E-state index is 12.1. The molecule has 0 fully saturated rings. The van der Waals surface area contributed by atoms with E-state index < -0.39 is 6.04 Å². The number of nitrogens with two attached hydrogens (primary N) is 1. The van der Waals surface area contributed by atoms with Crippen LogP contribution in [0.25, 0.3) is 0 Å². The Kier molecular flexibility index (Phi) is 4.17. The van der Waals surface area contributed by atoms with Crippen molar-refractivity contribution in [3.8, 4) is 5.75 Å². The summed E-state index contributed by atoms with van der Waals surface area (Å²) in [7, 11) is 1.65. The van der Waals surface area contributed by atoms with Crippen molar-refractivity contribution in [2.45, 2.75) is 46.1 Å². The highest BCUT2D eigenvalue weighted by Gasteiger charge is 2.23. The molecular weight excluding hydrogens is 226 g/mol. The highest BCUT2D eigenvalue weighted by atomic mass is 16.5. The van der Waals surface area contributed by atoms with Crippen molar-refractivity contribution in [1.29, 1.82) is 0 Å². The smallest absolute Gasteiger partial charge is 0.179 e. The number of aryl methyl sites for hydroxylation is 1. The van der Waals surface area contributed by atoms with Gasteiger partial charge in [-0.15, -0.1) is 0 Å². The molecule has 3 nitrogen and oxygen atoms in total. The molecule has 0 aliphatic rings. The van der Waals surface area contributed by atoms with E-state index in [9.17, 15) is 4.79 Å². The Morgan fingerprint density at radius 2 is 1.89 bits per heavy atom. The summed E-state index contributed by atoms with van der Waals surface area (Å²) < 4.78 is 5.41. The average molecular weight is 249 g/mol. The fraction of sp³-hybridized carbons (Fsp3) is 0.533. The lowest BCUT2D eigenvalue weighted by molar-refractivity contribution is 0.0967. The maximum atomic E-state index is 12.1. The van der Waals surface area contributed by atoms with Crippen molar-refractivity contribution in [3.63, 3.8) is 0 Å². The molecular formula is C15H23NO2. The van der Waals surface area contributed by atoms with Crippen molar-refractivity contribution in [2.75, 3.05) is 7.11 Å². The molecule has 1 unspecified atom stereocenters. The van der Waals surface area contributed by atoms with Gasteiger partial charge in [0.25, 0.3) is 0 Å². The molecule has 0 saturated carbocycles. The zero-order valence-corrected chi connectivity index (χ0v) is 12.1. The van der Waals surface area contributed by atoms with Crippen LogP contribution in [0, 0.1) is 6.92 Å². The van der Waals surface area contributed by atoms with Gasteiger partial charge in [0, 0.05) is 11.1 Å². The fourth-order valence-corrected chi connectivity index (χ4v) is 1.95. The number of Topliss-reactive ketones (excluding diaryl/α,β-unsaturated/α-hetero) is 1. The summed E-state index contributed by atoms with van der Waals surface area (Å²) >= 11 is 0. The van der Waals surface area contributed by atoms with E-state index in [2.05, 4.69) is 20.8 Å². The van der Waals surface area contributed by atoms with Crippen molar-refractivity contribution < 1.29 is 9.53 Å². The minimum absolute atomic E-state index is 0.0272. The highest BCUT2D eigenvalue weighted by Crippen LogP contribution is 2.33. The number of hydrogen-bond acceptors (Lipinski definition) is 3. The highest BCUT2D eigenvalue weighted by molar-refractivity contribution is 6.01. The van der Waals surface area contributed by atoms with Gasteiger partial charge in [0.15, 0.2) is 5.78 Å². The number of ketones is 1. The van der Waals surface area contributed by atoms with Gasteiger partial charge < -0.3 is 10.5 Å². The first kappa shape index (κ1) is 14.7. The van der Waals surface area contributed by atoms with E-state index in [1.807, 2.05) is 19.1 Å². The van der Waals surface area contributed by atoms with Gasteiger partial charge in [-0.25, -0.2) is 0 Å². The van der Waals surface area contributed by atoms with Crippen LogP contribution in [0.1, 0.15) is 49.2 Å². The Labute approximate surface area is 109 Å². The Hall–Kier alpha value is -1.35. The summed E-state index contributed by atoms with van der Waals surface area (Å²) in [5, 5.41) is 0. The third kappa shape index (κ3) is 2.91. The van der Waals surface area contributed by atoms with Gasteiger partial charge in [-0.1, -0.05) is 20.8 Å². The summed E-state index contributed by atoms with van der Waals surface area (Å²) in [6, 6.07) is 3.35. The summed E-state index contributed by atoms with van der Waals surface area (Å²) in [6.07, 6.45) is 0. The number of benzene rings is 1. The minimum Gasteiger partial charge on any atom is -0.496 e. The van der Waals surface area contributed by atoms with Gasteiger partial charge >= 0.3 is 0 Å². The molecule has 0 aromatic heterocycles. The second kappa shape index (κ2) is 5.11. The van der Waals surface area contributed by atoms with E-state index in [0.29, 0.717) is 5.56 Å². The largest absolute Gasteiger partial charge is 0.496 e. The topological polar surface area (TPSA) is 52.3 Å². The number of methoxy groups -OCH3 is 1. The zero-order chi connectivity index (χ0) is 14.1. The monoisotopic (exact) mass is 249 g/mol. The van der Waals surface area contributed by atoms with E-state index in [1.165, 1.54) is 0 Å². The second-order valence-corrected chi connectivity index (χ2v) is 5.77. The van der Waals surface area contributed by atoms with E-state index in [4.69, 9.17) is 10.5 Å². The molecule has 0 radical (unpaired) electrons. The van der Waals surface area contributed by atoms with Gasteiger partial charge in [0.1, 0.15) is 5.75 Å². The Morgan fingerprint density at radius 1 is 1.33 bits per heavy atom. The lowest BCUT2D eigenvalue weighted by Crippen LogP contribution is -2.28. The van der Waals surface area contributed by atoms with Gasteiger partial charge in [-0.2, -0.15) is 0 Å². The zero-order valence-electron chi connectivity index (χ0n) is 12.1. The molecule has 1 rings (SSSR count). The lowest BCUT2D eigenvalue weighted by atomic mass is 9.83. The lowest BCUT2D eigenvalue weighted by Gasteiger charge is -2.24. The molecule has 0 amide bonds. The molecule has 1 atom stereocenters. The molecule has 2 N–H and O–H groups in total. The normalized spacial score (nSPS) is 13.3. The van der Waals surface area contributed by atoms with Crippen LogP contribution >= 0.6 is 0 Å². The van der Waals surface area contributed by atoms with Crippen LogP contribution < -0.4 is 10.5 Å². The summed E-state index contributed by atoms with van der Waals surface area (Å²) in [6.45, 7) is 9.91. The molecule has 18 heavy (non-hydrogen) atoms. The third-order valence-electron chi connectivity index (χ3n) is 3.03. The van der Waals surface area contributed by atoms with Crippen LogP contribution in [-0.4, -0.2) is 18.9 Å². The first-order chi connectivity index (χ1) is 8.18. The number of ether oxygens (including phenoxy) is 1. The van der Waals surface area contributed by atoms with E-state index in [0.717, 1.165) is 16.9 Å². The molecule has 0 aliphatic carbocycles. The standard InChI is InChI=1S/C15H23NO2/c1-9-7-13(18-6)12(15(3,4)5)8-11(9)14(17)10(2)16/h7-8,10H,16H2,1-6H3. The van der Waals surface area contributed by atoms with E-state index >= 15 is 0 Å². The van der Waals surface area contributed by atoms with Crippen LogP contribution in [0.3, 0.4) is 0 Å². The van der Waals surface area contributed by atoms with Crippen LogP contribution in [0.15, 0.2) is 12.1 Å². The van der Waals surface area contributed by atoms with Gasteiger partial charge in [-0.3, -0.25) is 4.79 Å². The fourth-order valence-electron chi connectivity index (χ4n) is 1.95. The van der Waals surface area contributed by atoms with E-state index in [-0.39, 0.29) is 11.2 Å². The summed E-state index contributed by atoms with van der Waals surface area (Å²) in [4.78, 5) is 12.1. The Balaban J connectivity index is 3.44. The molecule has 1 aromatic carbocycles. The SMILES string of the molecule is COc1cc(C)c(C(=O)C(C)N)cc1C(C)(C)C. The number of hydrogen-bond donors (Lipinski definition) is 1. The first-order valence-corrected chi connectivity index (χ1v) is 6.17. The first-order valence-electron chi connectivity index (χ1n) is 6.17. The van der Waals surface area contributed by atoms with Crippen LogP contribution in [0.4, 0.5) is 0 Å². The number of carbonyl (C=O) groups is 1. The van der Waals surface area contributed by atoms with Crippen molar-refractivity contribution in [2.24, 2.45) is 5.73 Å². The second-order valence-electron chi connectivity index (χ2n) is 5.77. The molecule has 100 valence electrons. The van der Waals surface area contributed by atoms with Gasteiger partial charge in [-0.05, 0) is 37.0 Å². The maximum Gasteiger partial charge on any atom is 0.179 e. The molecule has 0 spiro atoms. The molecule has 0 heterocycles. The molecule has 0 bridgehead atoms. The van der Waals surface area contributed by atoms with Crippen LogP contribution in [0.2, 0.25) is 0 Å². The Bertz CT molecular complexity index is 456. The summed E-state index contributed by atoms with van der Waals surface area (Å²) in [5.41, 5.74) is 8.23. The third-order valence-corrected chi connectivity index (χ3v) is 3.03. The Morgan fingerprint density at radius 3 is 2.28 bits per heavy atom. The molecule has 3 heteroatoms. The van der Waals surface area contributed by atoms with Gasteiger partial charge in [0.2, 0.25) is 0 Å². The van der Waals surface area contributed by atoms with Crippen molar-refractivity contribution >= 4 is 5.78 Å². The quantitative estimate of drug-likeness (QED) is 0.838. The van der Waals surface area contributed by atoms with Crippen LogP contribution in [0.5, 0.6) is 5.75 Å².